The van der Waals surface area contributed by atoms with Crippen LogP contribution < -0.4 is 5.32 Å². The molecule has 1 heterocycles. The fourth-order valence-electron chi connectivity index (χ4n) is 2.46. The number of carbonyl (C=O) groups is 1. The van der Waals surface area contributed by atoms with E-state index in [1.807, 2.05) is 32.0 Å². The van der Waals surface area contributed by atoms with E-state index in [2.05, 4.69) is 17.2 Å². The molecule has 1 aromatic rings. The minimum Gasteiger partial charge on any atom is -0.384 e. The van der Waals surface area contributed by atoms with E-state index in [0.29, 0.717) is 17.7 Å². The van der Waals surface area contributed by atoms with Crippen LogP contribution >= 0.6 is 0 Å². The predicted molar refractivity (Wildman–Crippen MR) is 81.1 cm³/mol. The first-order valence-corrected chi connectivity index (χ1v) is 7.15. The molecule has 0 spiro atoms. The Morgan fingerprint density at radius 2 is 2.33 bits per heavy atom. The van der Waals surface area contributed by atoms with Crippen molar-refractivity contribution in [2.24, 2.45) is 0 Å². The normalized spacial score (nSPS) is 21.3. The van der Waals surface area contributed by atoms with E-state index in [4.69, 9.17) is 9.84 Å². The van der Waals surface area contributed by atoms with Crippen LogP contribution in [-0.2, 0) is 4.74 Å². The summed E-state index contributed by atoms with van der Waals surface area (Å²) in [6, 6.07) is 5.54. The van der Waals surface area contributed by atoms with Crippen molar-refractivity contribution in [1.82, 2.24) is 5.32 Å². The van der Waals surface area contributed by atoms with E-state index in [9.17, 15) is 4.79 Å². The van der Waals surface area contributed by atoms with Crippen LogP contribution in [0.4, 0.5) is 0 Å². The average molecular weight is 287 g/mol. The molecule has 4 heteroatoms. The number of rotatable bonds is 2. The highest BCUT2D eigenvalue weighted by molar-refractivity contribution is 5.97. The van der Waals surface area contributed by atoms with Crippen molar-refractivity contribution in [1.29, 1.82) is 0 Å². The van der Waals surface area contributed by atoms with Crippen LogP contribution in [0.15, 0.2) is 18.2 Å². The number of aryl methyl sites for hydroxylation is 1. The first kappa shape index (κ1) is 15.6. The van der Waals surface area contributed by atoms with Gasteiger partial charge in [0.1, 0.15) is 6.61 Å². The van der Waals surface area contributed by atoms with Gasteiger partial charge in [0.2, 0.25) is 0 Å². The SMILES string of the molecule is Cc1ccc(C#CCO)c(C(=O)NC2(C)CCCOC2)c1. The zero-order valence-electron chi connectivity index (χ0n) is 12.5. The van der Waals surface area contributed by atoms with Crippen LogP contribution in [0, 0.1) is 18.8 Å². The molecule has 0 radical (unpaired) electrons. The molecule has 2 N–H and O–H groups in total. The summed E-state index contributed by atoms with van der Waals surface area (Å²) in [5.74, 6) is 5.28. The maximum atomic E-state index is 12.6. The lowest BCUT2D eigenvalue weighted by Gasteiger charge is -2.34. The number of ether oxygens (including phenoxy) is 1. The summed E-state index contributed by atoms with van der Waals surface area (Å²) in [4.78, 5) is 12.6. The number of aliphatic hydroxyl groups excluding tert-OH is 1. The Hall–Kier alpha value is -1.83. The summed E-state index contributed by atoms with van der Waals surface area (Å²) in [5, 5.41) is 11.9. The van der Waals surface area contributed by atoms with Crippen molar-refractivity contribution < 1.29 is 14.6 Å². The van der Waals surface area contributed by atoms with Crippen LogP contribution in [0.3, 0.4) is 0 Å². The third kappa shape index (κ3) is 4.07. The molecule has 1 fully saturated rings. The van der Waals surface area contributed by atoms with Gasteiger partial charge in [-0.15, -0.1) is 0 Å². The summed E-state index contributed by atoms with van der Waals surface area (Å²) in [6.45, 7) is 5.00. The van der Waals surface area contributed by atoms with Gasteiger partial charge in [-0.25, -0.2) is 0 Å². The van der Waals surface area contributed by atoms with Crippen LogP contribution in [0.25, 0.3) is 0 Å². The van der Waals surface area contributed by atoms with Crippen molar-refractivity contribution in [2.45, 2.75) is 32.2 Å². The standard InChI is InChI=1S/C17H21NO3/c1-13-6-7-14(5-3-9-19)15(11-13)16(20)18-17(2)8-4-10-21-12-17/h6-7,11,19H,4,8-10,12H2,1-2H3,(H,18,20). The molecule has 1 saturated heterocycles. The van der Waals surface area contributed by atoms with E-state index in [1.165, 1.54) is 0 Å². The molecule has 1 aliphatic heterocycles. The van der Waals surface area contributed by atoms with Gasteiger partial charge in [-0.3, -0.25) is 4.79 Å². The number of benzene rings is 1. The Morgan fingerprint density at radius 3 is 3.00 bits per heavy atom. The van der Waals surface area contributed by atoms with Gasteiger partial charge in [-0.2, -0.15) is 0 Å². The minimum atomic E-state index is -0.333. The molecule has 1 unspecified atom stereocenters. The zero-order chi connectivity index (χ0) is 15.3. The number of nitrogens with one attached hydrogen (secondary N) is 1. The Balaban J connectivity index is 2.23. The molecule has 1 aliphatic rings. The highest BCUT2D eigenvalue weighted by atomic mass is 16.5. The molecule has 1 amide bonds. The first-order valence-electron chi connectivity index (χ1n) is 7.15. The lowest BCUT2D eigenvalue weighted by Crippen LogP contribution is -2.51. The van der Waals surface area contributed by atoms with E-state index in [-0.39, 0.29) is 18.1 Å². The van der Waals surface area contributed by atoms with Gasteiger partial charge in [0.05, 0.1) is 17.7 Å². The second-order valence-electron chi connectivity index (χ2n) is 5.68. The Labute approximate surface area is 125 Å². The quantitative estimate of drug-likeness (QED) is 0.813. The molecule has 21 heavy (non-hydrogen) atoms. The van der Waals surface area contributed by atoms with Crippen molar-refractivity contribution in [3.05, 3.63) is 34.9 Å². The third-order valence-electron chi connectivity index (χ3n) is 3.57. The van der Waals surface area contributed by atoms with Gasteiger partial charge < -0.3 is 15.2 Å². The molecular weight excluding hydrogens is 266 g/mol. The van der Waals surface area contributed by atoms with Gasteiger partial charge in [-0.05, 0) is 38.8 Å². The van der Waals surface area contributed by atoms with Crippen LogP contribution in [-0.4, -0.2) is 36.4 Å². The van der Waals surface area contributed by atoms with Crippen molar-refractivity contribution >= 4 is 5.91 Å². The summed E-state index contributed by atoms with van der Waals surface area (Å²) in [7, 11) is 0. The summed E-state index contributed by atoms with van der Waals surface area (Å²) >= 11 is 0. The topological polar surface area (TPSA) is 58.6 Å². The van der Waals surface area contributed by atoms with Crippen LogP contribution in [0.5, 0.6) is 0 Å². The van der Waals surface area contributed by atoms with Crippen molar-refractivity contribution in [3.8, 4) is 11.8 Å². The zero-order valence-corrected chi connectivity index (χ0v) is 12.5. The molecule has 0 aromatic heterocycles. The maximum absolute atomic E-state index is 12.6. The lowest BCUT2D eigenvalue weighted by atomic mass is 9.93. The molecule has 112 valence electrons. The Bertz CT molecular complexity index is 577. The van der Waals surface area contributed by atoms with E-state index in [0.717, 1.165) is 25.0 Å². The van der Waals surface area contributed by atoms with Gasteiger partial charge in [0.25, 0.3) is 5.91 Å². The van der Waals surface area contributed by atoms with E-state index >= 15 is 0 Å². The second-order valence-corrected chi connectivity index (χ2v) is 5.68. The van der Waals surface area contributed by atoms with E-state index in [1.54, 1.807) is 0 Å². The number of hydrogen-bond donors (Lipinski definition) is 2. The van der Waals surface area contributed by atoms with E-state index < -0.39 is 0 Å². The molecule has 0 saturated carbocycles. The summed E-state index contributed by atoms with van der Waals surface area (Å²) < 4.78 is 5.46. The van der Waals surface area contributed by atoms with Crippen LogP contribution in [0.2, 0.25) is 0 Å². The van der Waals surface area contributed by atoms with Crippen LogP contribution in [0.1, 0.15) is 41.3 Å². The summed E-state index contributed by atoms with van der Waals surface area (Å²) in [6.07, 6.45) is 1.85. The number of hydrogen-bond acceptors (Lipinski definition) is 3. The molecular formula is C17H21NO3. The molecule has 2 rings (SSSR count). The minimum absolute atomic E-state index is 0.145. The Kier molecular flexibility index (Phi) is 5.00. The first-order chi connectivity index (χ1) is 10.0. The van der Waals surface area contributed by atoms with Crippen molar-refractivity contribution in [3.63, 3.8) is 0 Å². The fraction of sp³-hybridized carbons (Fsp3) is 0.471. The average Bonchev–Trinajstić information content (AvgIpc) is 2.46. The largest absolute Gasteiger partial charge is 0.384 e. The van der Waals surface area contributed by atoms with Crippen molar-refractivity contribution in [2.75, 3.05) is 19.8 Å². The maximum Gasteiger partial charge on any atom is 0.253 e. The molecule has 1 aromatic carbocycles. The van der Waals surface area contributed by atoms with Gasteiger partial charge in [0.15, 0.2) is 0 Å². The number of carbonyl (C=O) groups excluding carboxylic acids is 1. The number of amides is 1. The molecule has 1 atom stereocenters. The third-order valence-corrected chi connectivity index (χ3v) is 3.57. The Morgan fingerprint density at radius 1 is 1.52 bits per heavy atom. The highest BCUT2D eigenvalue weighted by Gasteiger charge is 2.30. The summed E-state index contributed by atoms with van der Waals surface area (Å²) in [5.41, 5.74) is 1.84. The van der Waals surface area contributed by atoms with Gasteiger partial charge >= 0.3 is 0 Å². The van der Waals surface area contributed by atoms with Gasteiger partial charge in [-0.1, -0.05) is 23.5 Å². The lowest BCUT2D eigenvalue weighted by molar-refractivity contribution is 0.0272. The smallest absolute Gasteiger partial charge is 0.253 e. The molecule has 0 bridgehead atoms. The number of aliphatic hydroxyl groups is 1. The highest BCUT2D eigenvalue weighted by Crippen LogP contribution is 2.20. The molecule has 0 aliphatic carbocycles. The second kappa shape index (κ2) is 6.75. The monoisotopic (exact) mass is 287 g/mol. The molecule has 4 nitrogen and oxygen atoms in total. The fourth-order valence-corrected chi connectivity index (χ4v) is 2.46. The van der Waals surface area contributed by atoms with Gasteiger partial charge in [0, 0.05) is 12.2 Å². The predicted octanol–water partition coefficient (Wildman–Crippen LogP) is 1.64.